The van der Waals surface area contributed by atoms with Crippen molar-refractivity contribution in [2.24, 2.45) is 0 Å². The van der Waals surface area contributed by atoms with E-state index in [-0.39, 0.29) is 20.1 Å². The summed E-state index contributed by atoms with van der Waals surface area (Å²) in [6.07, 6.45) is 3.85. The molecule has 211 valence electrons. The van der Waals surface area contributed by atoms with Crippen LogP contribution in [0.15, 0.2) is 85.2 Å². The van der Waals surface area contributed by atoms with Crippen molar-refractivity contribution in [3.63, 3.8) is 0 Å². The standard InChI is InChI=1S/C21H18NS.C15H18NSi.Ir/c1-13(2)15-10-11-22-19(12-15)18-9-5-8-17-16-7-4-6-14(3)20(16)23-21(17)18;1-12-10-14(13-8-6-5-7-9-13)16-11-15(12)17(2,3)4;/h4-8,10-13H,1-3H3;5-8,10-11H,1-4H3;/q2*-1;/i13D;;. The second-order valence-electron chi connectivity index (χ2n) is 11.5. The van der Waals surface area contributed by atoms with E-state index < -0.39 is 14.0 Å². The molecule has 0 saturated carbocycles. The van der Waals surface area contributed by atoms with Gasteiger partial charge in [0.15, 0.2) is 0 Å². The summed E-state index contributed by atoms with van der Waals surface area (Å²) < 4.78 is 10.8. The van der Waals surface area contributed by atoms with Crippen LogP contribution in [0.1, 0.15) is 37.8 Å². The second kappa shape index (κ2) is 12.9. The van der Waals surface area contributed by atoms with Gasteiger partial charge in [0.2, 0.25) is 0 Å². The zero-order valence-electron chi connectivity index (χ0n) is 25.7. The van der Waals surface area contributed by atoms with E-state index in [1.165, 1.54) is 36.5 Å². The first-order valence-corrected chi connectivity index (χ1v) is 18.0. The van der Waals surface area contributed by atoms with Crippen molar-refractivity contribution in [3.05, 3.63) is 114 Å². The average molecular weight is 750 g/mol. The molecule has 3 aromatic heterocycles. The monoisotopic (exact) mass is 750 g/mol. The Hall–Kier alpha value is -2.95. The molecule has 6 aromatic rings. The molecule has 0 aliphatic heterocycles. The predicted molar refractivity (Wildman–Crippen MR) is 176 cm³/mol. The summed E-state index contributed by atoms with van der Waals surface area (Å²) in [6, 6.07) is 31.3. The Balaban J connectivity index is 0.000000200. The molecule has 0 atom stereocenters. The molecule has 0 amide bonds. The number of rotatable bonds is 4. The van der Waals surface area contributed by atoms with Gasteiger partial charge in [-0.05, 0) is 58.0 Å². The van der Waals surface area contributed by atoms with Crippen LogP contribution in [-0.4, -0.2) is 18.0 Å². The van der Waals surface area contributed by atoms with Crippen LogP contribution in [0.2, 0.25) is 19.6 Å². The molecule has 1 radical (unpaired) electrons. The number of hydrogen-bond acceptors (Lipinski definition) is 3. The zero-order chi connectivity index (χ0) is 29.4. The zero-order valence-corrected chi connectivity index (χ0v) is 28.9. The number of aromatic nitrogens is 2. The smallest absolute Gasteiger partial charge is 0.0798 e. The first kappa shape index (κ1) is 29.5. The SMILES string of the molecule is Cc1cc(-c2[c-]cccc2)ncc1[Si](C)(C)C.[2H]C(C)(C)c1ccnc(-c2[c-]ccc3c2sc2c(C)cccc23)c1.[Ir]. The predicted octanol–water partition coefficient (Wildman–Crippen LogP) is 9.75. The van der Waals surface area contributed by atoms with E-state index in [9.17, 15) is 0 Å². The molecule has 3 aromatic carbocycles. The summed E-state index contributed by atoms with van der Waals surface area (Å²) >= 11 is 1.80. The van der Waals surface area contributed by atoms with E-state index in [4.69, 9.17) is 1.37 Å². The van der Waals surface area contributed by atoms with E-state index in [0.29, 0.717) is 0 Å². The van der Waals surface area contributed by atoms with Gasteiger partial charge in [-0.2, -0.15) is 11.3 Å². The Kier molecular flexibility index (Phi) is 9.30. The normalized spacial score (nSPS) is 11.9. The van der Waals surface area contributed by atoms with Crippen molar-refractivity contribution in [3.8, 4) is 22.5 Å². The molecular weight excluding hydrogens is 713 g/mol. The van der Waals surface area contributed by atoms with Gasteiger partial charge in [0.1, 0.15) is 0 Å². The summed E-state index contributed by atoms with van der Waals surface area (Å²) in [4.78, 5) is 9.14. The van der Waals surface area contributed by atoms with Crippen molar-refractivity contribution in [2.45, 2.75) is 53.2 Å². The van der Waals surface area contributed by atoms with Crippen molar-refractivity contribution < 1.29 is 21.5 Å². The first-order valence-electron chi connectivity index (χ1n) is 14.2. The van der Waals surface area contributed by atoms with Crippen LogP contribution in [-0.2, 0) is 20.1 Å². The molecule has 0 spiro atoms. The molecule has 0 saturated heterocycles. The van der Waals surface area contributed by atoms with Crippen LogP contribution in [0.4, 0.5) is 0 Å². The second-order valence-corrected chi connectivity index (χ2v) is 17.5. The molecule has 6 rings (SSSR count). The molecule has 0 aliphatic carbocycles. The average Bonchev–Trinajstić information content (AvgIpc) is 3.33. The van der Waals surface area contributed by atoms with Gasteiger partial charge in [-0.25, -0.2) is 0 Å². The summed E-state index contributed by atoms with van der Waals surface area (Å²) in [5.41, 5.74) is 7.62. The number of hydrogen-bond donors (Lipinski definition) is 0. The van der Waals surface area contributed by atoms with Crippen molar-refractivity contribution >= 4 is 44.8 Å². The van der Waals surface area contributed by atoms with E-state index in [1.807, 2.05) is 50.2 Å². The molecule has 0 unspecified atom stereocenters. The minimum atomic E-state index is -1.27. The summed E-state index contributed by atoms with van der Waals surface area (Å²) in [5.74, 6) is -0.637. The number of benzene rings is 3. The Labute approximate surface area is 264 Å². The van der Waals surface area contributed by atoms with Gasteiger partial charge in [-0.15, -0.1) is 59.7 Å². The number of pyridine rings is 2. The Bertz CT molecular complexity index is 1840. The number of aryl methyl sites for hydroxylation is 2. The van der Waals surface area contributed by atoms with E-state index in [1.54, 1.807) is 17.5 Å². The molecule has 5 heteroatoms. The maximum absolute atomic E-state index is 8.28. The van der Waals surface area contributed by atoms with Gasteiger partial charge in [0.25, 0.3) is 0 Å². The van der Waals surface area contributed by atoms with E-state index in [2.05, 4.69) is 98.2 Å². The molecule has 0 aliphatic rings. The molecule has 41 heavy (non-hydrogen) atoms. The molecule has 0 fully saturated rings. The van der Waals surface area contributed by atoms with Gasteiger partial charge in [0, 0.05) is 38.6 Å². The fourth-order valence-corrected chi connectivity index (χ4v) is 8.00. The van der Waals surface area contributed by atoms with E-state index in [0.717, 1.165) is 28.1 Å². The van der Waals surface area contributed by atoms with Crippen molar-refractivity contribution in [1.29, 1.82) is 0 Å². The van der Waals surface area contributed by atoms with Crippen LogP contribution in [0.5, 0.6) is 0 Å². The number of fused-ring (bicyclic) bond motifs is 3. The Morgan fingerprint density at radius 1 is 0.805 bits per heavy atom. The molecule has 3 heterocycles. The van der Waals surface area contributed by atoms with Crippen LogP contribution < -0.4 is 5.19 Å². The van der Waals surface area contributed by atoms with Crippen LogP contribution in [0, 0.1) is 26.0 Å². The van der Waals surface area contributed by atoms with Gasteiger partial charge in [-0.1, -0.05) is 80.3 Å². The Morgan fingerprint density at radius 2 is 1.59 bits per heavy atom. The summed E-state index contributed by atoms with van der Waals surface area (Å²) in [5, 5.41) is 3.99. The fraction of sp³-hybridized carbons (Fsp3) is 0.222. The Morgan fingerprint density at radius 3 is 2.27 bits per heavy atom. The van der Waals surface area contributed by atoms with Gasteiger partial charge in [-0.3, -0.25) is 0 Å². The third kappa shape index (κ3) is 6.76. The molecule has 0 N–H and O–H groups in total. The molecule has 2 nitrogen and oxygen atoms in total. The van der Waals surface area contributed by atoms with Crippen LogP contribution >= 0.6 is 11.3 Å². The number of nitrogens with zero attached hydrogens (tertiary/aromatic N) is 2. The van der Waals surface area contributed by atoms with E-state index >= 15 is 0 Å². The van der Waals surface area contributed by atoms with Crippen LogP contribution in [0.3, 0.4) is 0 Å². The largest absolute Gasteiger partial charge is 0.305 e. The van der Waals surface area contributed by atoms with Gasteiger partial charge in [0.05, 0.1) is 8.07 Å². The fourth-order valence-electron chi connectivity index (χ4n) is 5.01. The first-order chi connectivity index (χ1) is 19.4. The third-order valence-corrected chi connectivity index (χ3v) is 10.7. The summed E-state index contributed by atoms with van der Waals surface area (Å²) in [7, 11) is -1.27. The maximum Gasteiger partial charge on any atom is 0.0798 e. The summed E-state index contributed by atoms with van der Waals surface area (Å²) in [6.45, 7) is 15.2. The minimum absolute atomic E-state index is 0. The number of thiophene rings is 1. The third-order valence-electron chi connectivity index (χ3n) is 7.15. The quantitative estimate of drug-likeness (QED) is 0.133. The minimum Gasteiger partial charge on any atom is -0.305 e. The topological polar surface area (TPSA) is 25.8 Å². The van der Waals surface area contributed by atoms with Crippen molar-refractivity contribution in [2.75, 3.05) is 0 Å². The molecule has 0 bridgehead atoms. The van der Waals surface area contributed by atoms with Crippen molar-refractivity contribution in [1.82, 2.24) is 9.97 Å². The van der Waals surface area contributed by atoms with Gasteiger partial charge < -0.3 is 9.97 Å². The maximum atomic E-state index is 8.28. The van der Waals surface area contributed by atoms with Gasteiger partial charge >= 0.3 is 0 Å². The van der Waals surface area contributed by atoms with Crippen LogP contribution in [0.25, 0.3) is 42.7 Å². The molecular formula is C36H36IrN2SSi-2.